The van der Waals surface area contributed by atoms with E-state index in [9.17, 15) is 4.79 Å². The topological polar surface area (TPSA) is 53.6 Å². The lowest BCUT2D eigenvalue weighted by atomic mass is 10.1. The van der Waals surface area contributed by atoms with Gasteiger partial charge in [0.05, 0.1) is 12.7 Å². The van der Waals surface area contributed by atoms with E-state index < -0.39 is 0 Å². The van der Waals surface area contributed by atoms with E-state index in [4.69, 9.17) is 4.74 Å². The average Bonchev–Trinajstić information content (AvgIpc) is 3.40. The zero-order valence-electron chi connectivity index (χ0n) is 14.4. The maximum absolute atomic E-state index is 12.0. The van der Waals surface area contributed by atoms with Crippen LogP contribution in [0, 0.1) is 0 Å². The maximum Gasteiger partial charge on any atom is 0.315 e. The minimum Gasteiger partial charge on any atom is -0.376 e. The molecule has 3 rings (SSSR count). The highest BCUT2D eigenvalue weighted by Crippen LogP contribution is 2.29. The Kier molecular flexibility index (Phi) is 6.57. The number of carbonyl (C=O) groups excluding carboxylic acids is 1. The molecule has 0 aromatic heterocycles. The summed E-state index contributed by atoms with van der Waals surface area (Å²) in [5, 5.41) is 6.06. The second kappa shape index (κ2) is 8.88. The van der Waals surface area contributed by atoms with Crippen LogP contribution in [-0.2, 0) is 4.74 Å². The lowest BCUT2D eigenvalue weighted by Gasteiger charge is -2.32. The van der Waals surface area contributed by atoms with Crippen molar-refractivity contribution in [2.75, 3.05) is 26.2 Å². The summed E-state index contributed by atoms with van der Waals surface area (Å²) in [4.78, 5) is 14.5. The molecule has 132 valence electrons. The van der Waals surface area contributed by atoms with Crippen molar-refractivity contribution >= 4 is 6.03 Å². The predicted molar refractivity (Wildman–Crippen MR) is 91.6 cm³/mol. The molecule has 3 fully saturated rings. The zero-order chi connectivity index (χ0) is 15.9. The number of hydrogen-bond donors (Lipinski definition) is 2. The SMILES string of the molecule is O=C(NCCOC1CCCCCC1)NC1CCN(C2CC2)CC1. The first-order valence-corrected chi connectivity index (χ1v) is 9.71. The molecule has 2 aliphatic carbocycles. The number of ether oxygens (including phenoxy) is 1. The third kappa shape index (κ3) is 5.96. The highest BCUT2D eigenvalue weighted by Gasteiger charge is 2.32. The number of piperidine rings is 1. The Balaban J connectivity index is 1.22. The van der Waals surface area contributed by atoms with E-state index in [1.807, 2.05) is 0 Å². The summed E-state index contributed by atoms with van der Waals surface area (Å²) in [6.07, 6.45) is 13.0. The van der Waals surface area contributed by atoms with Crippen LogP contribution in [0.4, 0.5) is 4.79 Å². The molecule has 0 aromatic carbocycles. The van der Waals surface area contributed by atoms with Gasteiger partial charge in [0.2, 0.25) is 0 Å². The van der Waals surface area contributed by atoms with E-state index in [2.05, 4.69) is 15.5 Å². The summed E-state index contributed by atoms with van der Waals surface area (Å²) < 4.78 is 5.90. The first kappa shape index (κ1) is 17.0. The van der Waals surface area contributed by atoms with Crippen LogP contribution in [0.1, 0.15) is 64.2 Å². The van der Waals surface area contributed by atoms with Gasteiger partial charge in [0.25, 0.3) is 0 Å². The molecule has 2 N–H and O–H groups in total. The maximum atomic E-state index is 12.0. The van der Waals surface area contributed by atoms with Gasteiger partial charge < -0.3 is 20.3 Å². The predicted octanol–water partition coefficient (Wildman–Crippen LogP) is 2.65. The summed E-state index contributed by atoms with van der Waals surface area (Å²) in [6.45, 7) is 3.53. The number of amides is 2. The van der Waals surface area contributed by atoms with Crippen molar-refractivity contribution < 1.29 is 9.53 Å². The third-order valence-electron chi connectivity index (χ3n) is 5.47. The van der Waals surface area contributed by atoms with E-state index in [0.717, 1.165) is 32.0 Å². The number of rotatable bonds is 6. The monoisotopic (exact) mass is 323 g/mol. The number of urea groups is 1. The molecule has 2 amide bonds. The van der Waals surface area contributed by atoms with Crippen molar-refractivity contribution in [1.29, 1.82) is 0 Å². The van der Waals surface area contributed by atoms with E-state index in [-0.39, 0.29) is 6.03 Å². The van der Waals surface area contributed by atoms with Crippen LogP contribution in [0.15, 0.2) is 0 Å². The van der Waals surface area contributed by atoms with Gasteiger partial charge in [-0.25, -0.2) is 4.79 Å². The Morgan fingerprint density at radius 1 is 0.957 bits per heavy atom. The number of likely N-dealkylation sites (tertiary alicyclic amines) is 1. The minimum absolute atomic E-state index is 0.0284. The van der Waals surface area contributed by atoms with Crippen LogP contribution in [0.2, 0.25) is 0 Å². The summed E-state index contributed by atoms with van der Waals surface area (Å²) in [5.41, 5.74) is 0. The van der Waals surface area contributed by atoms with Gasteiger partial charge in [0.15, 0.2) is 0 Å². The van der Waals surface area contributed by atoms with E-state index in [0.29, 0.717) is 25.3 Å². The molecule has 5 nitrogen and oxygen atoms in total. The molecule has 0 radical (unpaired) electrons. The van der Waals surface area contributed by atoms with E-state index in [1.54, 1.807) is 0 Å². The van der Waals surface area contributed by atoms with E-state index >= 15 is 0 Å². The first-order chi connectivity index (χ1) is 11.3. The Bertz CT molecular complexity index is 357. The Morgan fingerprint density at radius 2 is 1.65 bits per heavy atom. The fourth-order valence-corrected chi connectivity index (χ4v) is 3.88. The van der Waals surface area contributed by atoms with Crippen LogP contribution in [0.25, 0.3) is 0 Å². The molecular weight excluding hydrogens is 290 g/mol. The fourth-order valence-electron chi connectivity index (χ4n) is 3.88. The van der Waals surface area contributed by atoms with Gasteiger partial charge in [-0.2, -0.15) is 0 Å². The molecule has 0 atom stereocenters. The van der Waals surface area contributed by atoms with Gasteiger partial charge >= 0.3 is 6.03 Å². The number of nitrogens with zero attached hydrogens (tertiary/aromatic N) is 1. The lowest BCUT2D eigenvalue weighted by Crippen LogP contribution is -2.48. The van der Waals surface area contributed by atoms with Gasteiger partial charge in [-0.05, 0) is 38.5 Å². The normalized spacial score (nSPS) is 25.0. The minimum atomic E-state index is -0.0284. The number of hydrogen-bond acceptors (Lipinski definition) is 3. The molecule has 23 heavy (non-hydrogen) atoms. The van der Waals surface area contributed by atoms with Crippen molar-refractivity contribution in [2.24, 2.45) is 0 Å². The Labute approximate surface area is 140 Å². The fraction of sp³-hybridized carbons (Fsp3) is 0.944. The molecule has 0 bridgehead atoms. The molecule has 0 unspecified atom stereocenters. The van der Waals surface area contributed by atoms with Crippen molar-refractivity contribution in [3.05, 3.63) is 0 Å². The van der Waals surface area contributed by atoms with Crippen LogP contribution >= 0.6 is 0 Å². The standard InChI is InChI=1S/C18H33N3O2/c22-18(19-11-14-23-17-5-3-1-2-4-6-17)20-15-9-12-21(13-10-15)16-7-8-16/h15-17H,1-14H2,(H2,19,20,22). The molecule has 5 heteroatoms. The highest BCUT2D eigenvalue weighted by atomic mass is 16.5. The van der Waals surface area contributed by atoms with Crippen molar-refractivity contribution in [2.45, 2.75) is 82.4 Å². The van der Waals surface area contributed by atoms with Crippen molar-refractivity contribution in [3.63, 3.8) is 0 Å². The Hall–Kier alpha value is -0.810. The van der Waals surface area contributed by atoms with Crippen LogP contribution in [-0.4, -0.2) is 55.4 Å². The second-order valence-electron chi connectivity index (χ2n) is 7.43. The first-order valence-electron chi connectivity index (χ1n) is 9.71. The molecular formula is C18H33N3O2. The lowest BCUT2D eigenvalue weighted by molar-refractivity contribution is 0.0460. The molecule has 1 heterocycles. The second-order valence-corrected chi connectivity index (χ2v) is 7.43. The molecule has 1 aliphatic heterocycles. The summed E-state index contributed by atoms with van der Waals surface area (Å²) in [7, 11) is 0. The smallest absolute Gasteiger partial charge is 0.315 e. The third-order valence-corrected chi connectivity index (χ3v) is 5.47. The largest absolute Gasteiger partial charge is 0.376 e. The summed E-state index contributed by atoms with van der Waals surface area (Å²) in [5.74, 6) is 0. The molecule has 0 aromatic rings. The Morgan fingerprint density at radius 3 is 2.30 bits per heavy atom. The summed E-state index contributed by atoms with van der Waals surface area (Å²) >= 11 is 0. The average molecular weight is 323 g/mol. The molecule has 0 spiro atoms. The van der Waals surface area contributed by atoms with Gasteiger partial charge in [-0.3, -0.25) is 0 Å². The van der Waals surface area contributed by atoms with Gasteiger partial charge in [0, 0.05) is 31.7 Å². The molecule has 3 aliphatic rings. The van der Waals surface area contributed by atoms with Gasteiger partial charge in [-0.15, -0.1) is 0 Å². The van der Waals surface area contributed by atoms with Crippen LogP contribution in [0.3, 0.4) is 0 Å². The van der Waals surface area contributed by atoms with Crippen LogP contribution in [0.5, 0.6) is 0 Å². The number of carbonyl (C=O) groups is 1. The highest BCUT2D eigenvalue weighted by molar-refractivity contribution is 5.74. The van der Waals surface area contributed by atoms with Crippen LogP contribution < -0.4 is 10.6 Å². The summed E-state index contributed by atoms with van der Waals surface area (Å²) in [6, 6.07) is 1.16. The van der Waals surface area contributed by atoms with Crippen molar-refractivity contribution in [3.8, 4) is 0 Å². The van der Waals surface area contributed by atoms with E-state index in [1.165, 1.54) is 51.4 Å². The quantitative estimate of drug-likeness (QED) is 0.584. The number of nitrogens with one attached hydrogen (secondary N) is 2. The van der Waals surface area contributed by atoms with Gasteiger partial charge in [-0.1, -0.05) is 25.7 Å². The molecule has 2 saturated carbocycles. The molecule has 1 saturated heterocycles. The van der Waals surface area contributed by atoms with Crippen molar-refractivity contribution in [1.82, 2.24) is 15.5 Å². The van der Waals surface area contributed by atoms with Gasteiger partial charge in [0.1, 0.15) is 0 Å². The zero-order valence-corrected chi connectivity index (χ0v) is 14.4.